The molecule has 0 aliphatic carbocycles. The van der Waals surface area contributed by atoms with Crippen molar-refractivity contribution in [3.05, 3.63) is 51.2 Å². The second-order valence-corrected chi connectivity index (χ2v) is 4.22. The van der Waals surface area contributed by atoms with Gasteiger partial charge in [0.2, 0.25) is 6.41 Å². The Morgan fingerprint density at radius 1 is 1.53 bits per heavy atom. The maximum atomic E-state index is 10.7. The topological polar surface area (TPSA) is 79.6 Å². The van der Waals surface area contributed by atoms with Crippen molar-refractivity contribution in [2.45, 2.75) is 6.54 Å². The van der Waals surface area contributed by atoms with E-state index in [-0.39, 0.29) is 5.82 Å². The Balaban J connectivity index is 2.88. The molecule has 7 nitrogen and oxygen atoms in total. The highest BCUT2D eigenvalue weighted by atomic mass is 35.5. The molecule has 1 rings (SSSR count). The zero-order valence-electron chi connectivity index (χ0n) is 10.5. The van der Waals surface area contributed by atoms with Crippen LogP contribution in [0.2, 0.25) is 5.15 Å². The summed E-state index contributed by atoms with van der Waals surface area (Å²) < 4.78 is 0. The van der Waals surface area contributed by atoms with Gasteiger partial charge in [-0.05, 0) is 11.6 Å². The van der Waals surface area contributed by atoms with Gasteiger partial charge < -0.3 is 4.90 Å². The van der Waals surface area contributed by atoms with Crippen molar-refractivity contribution in [3.8, 4) is 0 Å². The molecule has 1 aromatic rings. The number of nitro groups is 1. The molecule has 19 heavy (non-hydrogen) atoms. The highest BCUT2D eigenvalue weighted by molar-refractivity contribution is 6.29. The first-order chi connectivity index (χ1) is 8.93. The van der Waals surface area contributed by atoms with Crippen LogP contribution in [-0.2, 0) is 11.3 Å². The number of carbonyl (C=O) groups excluding carboxylic acids is 1. The van der Waals surface area contributed by atoms with E-state index in [1.807, 2.05) is 0 Å². The van der Waals surface area contributed by atoms with Gasteiger partial charge in [0, 0.05) is 26.8 Å². The van der Waals surface area contributed by atoms with Gasteiger partial charge in [-0.15, -0.1) is 0 Å². The lowest BCUT2D eigenvalue weighted by molar-refractivity contribution is -0.405. The van der Waals surface area contributed by atoms with Crippen LogP contribution in [-0.4, -0.2) is 40.2 Å². The summed E-state index contributed by atoms with van der Waals surface area (Å²) in [5.41, 5.74) is 0.820. The van der Waals surface area contributed by atoms with Crippen molar-refractivity contribution < 1.29 is 9.72 Å². The molecule has 0 saturated heterocycles. The molecule has 1 heterocycles. The Labute approximate surface area is 115 Å². The summed E-state index contributed by atoms with van der Waals surface area (Å²) in [5.74, 6) is 0.176. The van der Waals surface area contributed by atoms with Gasteiger partial charge in [0.05, 0.1) is 4.92 Å². The second-order valence-electron chi connectivity index (χ2n) is 3.83. The standard InChI is InChI=1S/C11H13ClN4O3/c1-14(6-9-3-4-10(12)13-5-9)11(7-16(18)19)15(2)8-17/h3-5,7-8H,6H2,1-2H3/b11-7-. The largest absolute Gasteiger partial charge is 0.351 e. The van der Waals surface area contributed by atoms with Gasteiger partial charge in [0.1, 0.15) is 5.15 Å². The number of amides is 1. The number of halogens is 1. The third-order valence-corrected chi connectivity index (χ3v) is 2.56. The molecule has 0 unspecified atom stereocenters. The molecule has 0 radical (unpaired) electrons. The van der Waals surface area contributed by atoms with E-state index in [1.54, 1.807) is 30.3 Å². The van der Waals surface area contributed by atoms with E-state index in [0.717, 1.165) is 16.7 Å². The van der Waals surface area contributed by atoms with Gasteiger partial charge in [-0.1, -0.05) is 17.7 Å². The van der Waals surface area contributed by atoms with Gasteiger partial charge in [-0.25, -0.2) is 4.98 Å². The molecular formula is C11H13ClN4O3. The molecule has 1 amide bonds. The first-order valence-corrected chi connectivity index (χ1v) is 5.67. The summed E-state index contributed by atoms with van der Waals surface area (Å²) in [6.45, 7) is 0.363. The fraction of sp³-hybridized carbons (Fsp3) is 0.273. The van der Waals surface area contributed by atoms with Crippen LogP contribution in [0.15, 0.2) is 30.4 Å². The SMILES string of the molecule is CN(C=O)/C(=C\[N+](=O)[O-])N(C)Cc1ccc(Cl)nc1. The molecule has 0 N–H and O–H groups in total. The van der Waals surface area contributed by atoms with Crippen molar-refractivity contribution in [3.63, 3.8) is 0 Å². The smallest absolute Gasteiger partial charge is 0.274 e. The predicted molar refractivity (Wildman–Crippen MR) is 69.6 cm³/mol. The second kappa shape index (κ2) is 6.69. The van der Waals surface area contributed by atoms with E-state index in [1.165, 1.54) is 7.05 Å². The molecule has 0 aliphatic heterocycles. The lowest BCUT2D eigenvalue weighted by atomic mass is 10.3. The van der Waals surface area contributed by atoms with Crippen LogP contribution in [0.1, 0.15) is 5.56 Å². The molecule has 0 saturated carbocycles. The number of pyridine rings is 1. The summed E-state index contributed by atoms with van der Waals surface area (Å²) in [7, 11) is 3.09. The van der Waals surface area contributed by atoms with E-state index in [0.29, 0.717) is 18.1 Å². The van der Waals surface area contributed by atoms with Crippen molar-refractivity contribution in [1.29, 1.82) is 0 Å². The van der Waals surface area contributed by atoms with Crippen LogP contribution < -0.4 is 0 Å². The summed E-state index contributed by atoms with van der Waals surface area (Å²) in [4.78, 5) is 27.3. The molecule has 0 spiro atoms. The lowest BCUT2D eigenvalue weighted by Crippen LogP contribution is -2.30. The maximum absolute atomic E-state index is 10.7. The van der Waals surface area contributed by atoms with Gasteiger partial charge >= 0.3 is 0 Å². The van der Waals surface area contributed by atoms with Crippen LogP contribution in [0.25, 0.3) is 0 Å². The summed E-state index contributed by atoms with van der Waals surface area (Å²) in [5, 5.41) is 10.9. The van der Waals surface area contributed by atoms with Crippen molar-refractivity contribution in [1.82, 2.24) is 14.8 Å². The van der Waals surface area contributed by atoms with Crippen LogP contribution in [0, 0.1) is 10.1 Å². The highest BCUT2D eigenvalue weighted by Gasteiger charge is 2.14. The average molecular weight is 285 g/mol. The molecule has 0 aromatic carbocycles. The molecule has 0 aliphatic rings. The minimum atomic E-state index is -0.605. The third kappa shape index (κ3) is 4.55. The number of carbonyl (C=O) groups is 1. The van der Waals surface area contributed by atoms with E-state index < -0.39 is 4.92 Å². The third-order valence-electron chi connectivity index (χ3n) is 2.34. The van der Waals surface area contributed by atoms with Gasteiger partial charge in [0.15, 0.2) is 5.82 Å². The zero-order valence-corrected chi connectivity index (χ0v) is 11.2. The number of nitrogens with zero attached hydrogens (tertiary/aromatic N) is 4. The number of hydrogen-bond acceptors (Lipinski definition) is 5. The number of aromatic nitrogens is 1. The highest BCUT2D eigenvalue weighted by Crippen LogP contribution is 2.12. The van der Waals surface area contributed by atoms with Crippen molar-refractivity contribution >= 4 is 18.0 Å². The lowest BCUT2D eigenvalue weighted by Gasteiger charge is -2.24. The Bertz CT molecular complexity index is 489. The molecule has 0 atom stereocenters. The quantitative estimate of drug-likeness (QED) is 0.341. The summed E-state index contributed by atoms with van der Waals surface area (Å²) >= 11 is 5.67. The number of rotatable bonds is 6. The molecule has 102 valence electrons. The first-order valence-electron chi connectivity index (χ1n) is 5.29. The molecule has 0 fully saturated rings. The fourth-order valence-electron chi connectivity index (χ4n) is 1.46. The maximum Gasteiger partial charge on any atom is 0.274 e. The van der Waals surface area contributed by atoms with Gasteiger partial charge in [0.25, 0.3) is 6.20 Å². The number of hydrogen-bond donors (Lipinski definition) is 0. The van der Waals surface area contributed by atoms with E-state index in [9.17, 15) is 14.9 Å². The normalized spacial score (nSPS) is 11.0. The fourth-order valence-corrected chi connectivity index (χ4v) is 1.57. The molecular weight excluding hydrogens is 272 g/mol. The Morgan fingerprint density at radius 3 is 2.68 bits per heavy atom. The molecule has 8 heteroatoms. The Morgan fingerprint density at radius 2 is 2.21 bits per heavy atom. The monoisotopic (exact) mass is 284 g/mol. The van der Waals surface area contributed by atoms with E-state index in [2.05, 4.69) is 4.98 Å². The summed E-state index contributed by atoms with van der Waals surface area (Å²) in [6, 6.07) is 3.39. The predicted octanol–water partition coefficient (Wildman–Crippen LogP) is 1.33. The van der Waals surface area contributed by atoms with Gasteiger partial charge in [-0.2, -0.15) is 0 Å². The zero-order chi connectivity index (χ0) is 14.4. The first kappa shape index (κ1) is 14.9. The van der Waals surface area contributed by atoms with Crippen LogP contribution in [0.3, 0.4) is 0 Å². The average Bonchev–Trinajstić information content (AvgIpc) is 2.37. The summed E-state index contributed by atoms with van der Waals surface area (Å²) in [6.07, 6.45) is 2.85. The Hall–Kier alpha value is -2.15. The molecule has 0 bridgehead atoms. The molecule has 1 aromatic heterocycles. The Kier molecular flexibility index (Phi) is 5.25. The van der Waals surface area contributed by atoms with Gasteiger partial charge in [-0.3, -0.25) is 19.8 Å². The van der Waals surface area contributed by atoms with Crippen molar-refractivity contribution in [2.75, 3.05) is 14.1 Å². The van der Waals surface area contributed by atoms with Crippen LogP contribution in [0.4, 0.5) is 0 Å². The van der Waals surface area contributed by atoms with Crippen LogP contribution in [0.5, 0.6) is 0 Å². The van der Waals surface area contributed by atoms with E-state index >= 15 is 0 Å². The van der Waals surface area contributed by atoms with Crippen LogP contribution >= 0.6 is 11.6 Å². The van der Waals surface area contributed by atoms with Crippen molar-refractivity contribution in [2.24, 2.45) is 0 Å². The van der Waals surface area contributed by atoms with E-state index in [4.69, 9.17) is 11.6 Å². The minimum Gasteiger partial charge on any atom is -0.351 e. The minimum absolute atomic E-state index is 0.176.